The number of hydrogen-bond acceptors (Lipinski definition) is 2. The van der Waals surface area contributed by atoms with Crippen LogP contribution in [0.25, 0.3) is 0 Å². The summed E-state index contributed by atoms with van der Waals surface area (Å²) in [6.45, 7) is 8.43. The predicted molar refractivity (Wildman–Crippen MR) is 68.5 cm³/mol. The number of benzene rings is 1. The SMILES string of the molecule is CCC(CO)CNCc1ccc(C)c(C)c1. The molecule has 1 aromatic carbocycles. The number of rotatable bonds is 6. The second-order valence-electron chi connectivity index (χ2n) is 4.51. The van der Waals surface area contributed by atoms with E-state index in [1.54, 1.807) is 0 Å². The molecule has 0 saturated carbocycles. The molecule has 1 rings (SSSR count). The molecule has 0 amide bonds. The Hall–Kier alpha value is -0.860. The van der Waals surface area contributed by atoms with E-state index in [0.29, 0.717) is 5.92 Å². The third-order valence-electron chi connectivity index (χ3n) is 3.17. The fourth-order valence-corrected chi connectivity index (χ4v) is 1.67. The third-order valence-corrected chi connectivity index (χ3v) is 3.17. The first-order chi connectivity index (χ1) is 7.67. The van der Waals surface area contributed by atoms with Crippen molar-refractivity contribution in [1.82, 2.24) is 5.32 Å². The monoisotopic (exact) mass is 221 g/mol. The van der Waals surface area contributed by atoms with E-state index in [1.807, 2.05) is 0 Å². The van der Waals surface area contributed by atoms with Crippen LogP contribution in [-0.2, 0) is 6.54 Å². The predicted octanol–water partition coefficient (Wildman–Crippen LogP) is 2.41. The molecule has 0 saturated heterocycles. The summed E-state index contributed by atoms with van der Waals surface area (Å²) in [6.07, 6.45) is 1.02. The molecule has 0 aromatic heterocycles. The fourth-order valence-electron chi connectivity index (χ4n) is 1.67. The lowest BCUT2D eigenvalue weighted by atomic mass is 10.1. The highest BCUT2D eigenvalue weighted by Gasteiger charge is 2.03. The smallest absolute Gasteiger partial charge is 0.0471 e. The quantitative estimate of drug-likeness (QED) is 0.773. The summed E-state index contributed by atoms with van der Waals surface area (Å²) in [5, 5.41) is 12.5. The standard InChI is InChI=1S/C14H23NO/c1-4-13(10-16)8-15-9-14-6-5-11(2)12(3)7-14/h5-7,13,15-16H,4,8-10H2,1-3H3. The van der Waals surface area contributed by atoms with Gasteiger partial charge in [0, 0.05) is 19.7 Å². The minimum Gasteiger partial charge on any atom is -0.396 e. The molecule has 2 nitrogen and oxygen atoms in total. The maximum absolute atomic E-state index is 9.06. The molecular formula is C14H23NO. The van der Waals surface area contributed by atoms with Crippen molar-refractivity contribution in [2.75, 3.05) is 13.2 Å². The molecule has 0 aliphatic rings. The van der Waals surface area contributed by atoms with Gasteiger partial charge in [-0.05, 0) is 42.9 Å². The van der Waals surface area contributed by atoms with Crippen molar-refractivity contribution in [3.05, 3.63) is 34.9 Å². The Kier molecular flexibility index (Phi) is 5.50. The highest BCUT2D eigenvalue weighted by molar-refractivity contribution is 5.29. The maximum Gasteiger partial charge on any atom is 0.0471 e. The molecule has 0 aliphatic carbocycles. The first-order valence-electron chi connectivity index (χ1n) is 6.05. The molecule has 0 heterocycles. The summed E-state index contributed by atoms with van der Waals surface area (Å²) >= 11 is 0. The molecule has 1 unspecified atom stereocenters. The highest BCUT2D eigenvalue weighted by Crippen LogP contribution is 2.09. The number of aliphatic hydroxyl groups excluding tert-OH is 1. The van der Waals surface area contributed by atoms with E-state index in [2.05, 4.69) is 44.3 Å². The zero-order chi connectivity index (χ0) is 12.0. The van der Waals surface area contributed by atoms with Crippen LogP contribution in [0, 0.1) is 19.8 Å². The minimum atomic E-state index is 0.274. The lowest BCUT2D eigenvalue weighted by molar-refractivity contribution is 0.218. The highest BCUT2D eigenvalue weighted by atomic mass is 16.3. The number of aliphatic hydroxyl groups is 1. The largest absolute Gasteiger partial charge is 0.396 e. The molecule has 0 aliphatic heterocycles. The van der Waals surface area contributed by atoms with Crippen molar-refractivity contribution in [2.45, 2.75) is 33.7 Å². The molecule has 0 fully saturated rings. The van der Waals surface area contributed by atoms with Gasteiger partial charge in [0.2, 0.25) is 0 Å². The summed E-state index contributed by atoms with van der Waals surface area (Å²) in [6, 6.07) is 6.55. The van der Waals surface area contributed by atoms with Crippen LogP contribution < -0.4 is 5.32 Å². The normalized spacial score (nSPS) is 12.8. The van der Waals surface area contributed by atoms with Crippen LogP contribution in [0.4, 0.5) is 0 Å². The van der Waals surface area contributed by atoms with Gasteiger partial charge in [0.25, 0.3) is 0 Å². The van der Waals surface area contributed by atoms with Gasteiger partial charge in [-0.15, -0.1) is 0 Å². The second-order valence-corrected chi connectivity index (χ2v) is 4.51. The Balaban J connectivity index is 2.40. The van der Waals surface area contributed by atoms with E-state index in [1.165, 1.54) is 16.7 Å². The Morgan fingerprint density at radius 1 is 1.25 bits per heavy atom. The Labute approximate surface area is 98.7 Å². The van der Waals surface area contributed by atoms with E-state index in [-0.39, 0.29) is 6.61 Å². The van der Waals surface area contributed by atoms with E-state index in [4.69, 9.17) is 5.11 Å². The lowest BCUT2D eigenvalue weighted by Gasteiger charge is -2.13. The summed E-state index contributed by atoms with van der Waals surface area (Å²) in [5.74, 6) is 0.381. The van der Waals surface area contributed by atoms with E-state index in [9.17, 15) is 0 Å². The number of nitrogens with one attached hydrogen (secondary N) is 1. The third kappa shape index (κ3) is 3.95. The maximum atomic E-state index is 9.06. The molecule has 2 heteroatoms. The molecule has 16 heavy (non-hydrogen) atoms. The molecule has 0 radical (unpaired) electrons. The average Bonchev–Trinajstić information content (AvgIpc) is 2.29. The van der Waals surface area contributed by atoms with E-state index >= 15 is 0 Å². The van der Waals surface area contributed by atoms with Gasteiger partial charge >= 0.3 is 0 Å². The van der Waals surface area contributed by atoms with Gasteiger partial charge in [0.05, 0.1) is 0 Å². The van der Waals surface area contributed by atoms with Crippen molar-refractivity contribution in [1.29, 1.82) is 0 Å². The van der Waals surface area contributed by atoms with Gasteiger partial charge in [-0.25, -0.2) is 0 Å². The summed E-state index contributed by atoms with van der Waals surface area (Å²) in [4.78, 5) is 0. The van der Waals surface area contributed by atoms with Crippen LogP contribution in [0.3, 0.4) is 0 Å². The van der Waals surface area contributed by atoms with Crippen LogP contribution in [-0.4, -0.2) is 18.3 Å². The molecule has 0 bridgehead atoms. The van der Waals surface area contributed by atoms with Gasteiger partial charge < -0.3 is 10.4 Å². The molecule has 2 N–H and O–H groups in total. The van der Waals surface area contributed by atoms with Gasteiger partial charge in [0.15, 0.2) is 0 Å². The van der Waals surface area contributed by atoms with Crippen molar-refractivity contribution in [3.8, 4) is 0 Å². The second kappa shape index (κ2) is 6.66. The van der Waals surface area contributed by atoms with Crippen molar-refractivity contribution in [3.63, 3.8) is 0 Å². The van der Waals surface area contributed by atoms with Crippen LogP contribution in [0.5, 0.6) is 0 Å². The zero-order valence-electron chi connectivity index (χ0n) is 10.6. The first kappa shape index (κ1) is 13.2. The summed E-state index contributed by atoms with van der Waals surface area (Å²) < 4.78 is 0. The van der Waals surface area contributed by atoms with Gasteiger partial charge in [-0.3, -0.25) is 0 Å². The number of hydrogen-bond donors (Lipinski definition) is 2. The first-order valence-corrected chi connectivity index (χ1v) is 6.05. The fraction of sp³-hybridized carbons (Fsp3) is 0.571. The number of aryl methyl sites for hydroxylation is 2. The minimum absolute atomic E-state index is 0.274. The molecule has 1 aromatic rings. The van der Waals surface area contributed by atoms with Crippen LogP contribution in [0.15, 0.2) is 18.2 Å². The van der Waals surface area contributed by atoms with E-state index in [0.717, 1.165) is 19.5 Å². The summed E-state index contributed by atoms with van der Waals surface area (Å²) in [7, 11) is 0. The summed E-state index contributed by atoms with van der Waals surface area (Å²) in [5.41, 5.74) is 4.00. The molecule has 0 spiro atoms. The molecular weight excluding hydrogens is 198 g/mol. The van der Waals surface area contributed by atoms with Crippen LogP contribution in [0.1, 0.15) is 30.0 Å². The van der Waals surface area contributed by atoms with E-state index < -0.39 is 0 Å². The Morgan fingerprint density at radius 3 is 2.56 bits per heavy atom. The van der Waals surface area contributed by atoms with Crippen molar-refractivity contribution < 1.29 is 5.11 Å². The van der Waals surface area contributed by atoms with Crippen molar-refractivity contribution >= 4 is 0 Å². The Bertz CT molecular complexity index is 319. The van der Waals surface area contributed by atoms with Crippen LogP contribution >= 0.6 is 0 Å². The van der Waals surface area contributed by atoms with Crippen LogP contribution in [0.2, 0.25) is 0 Å². The average molecular weight is 221 g/mol. The topological polar surface area (TPSA) is 32.3 Å². The van der Waals surface area contributed by atoms with Gasteiger partial charge in [0.1, 0.15) is 0 Å². The van der Waals surface area contributed by atoms with Crippen molar-refractivity contribution in [2.24, 2.45) is 5.92 Å². The molecule has 90 valence electrons. The Morgan fingerprint density at radius 2 is 2.00 bits per heavy atom. The lowest BCUT2D eigenvalue weighted by Crippen LogP contribution is -2.24. The van der Waals surface area contributed by atoms with Gasteiger partial charge in [-0.1, -0.05) is 25.1 Å². The molecule has 1 atom stereocenters. The van der Waals surface area contributed by atoms with Gasteiger partial charge in [-0.2, -0.15) is 0 Å². The zero-order valence-corrected chi connectivity index (χ0v) is 10.6.